The Morgan fingerprint density at radius 2 is 2.00 bits per heavy atom. The quantitative estimate of drug-likeness (QED) is 0.854. The smallest absolute Gasteiger partial charge is 0.317 e. The maximum absolute atomic E-state index is 12.4. The summed E-state index contributed by atoms with van der Waals surface area (Å²) in [6, 6.07) is 7.54. The van der Waals surface area contributed by atoms with E-state index in [-0.39, 0.29) is 11.6 Å². The van der Waals surface area contributed by atoms with Crippen molar-refractivity contribution in [3.05, 3.63) is 40.2 Å². The molecule has 2 aromatic rings. The molecule has 1 aromatic carbocycles. The lowest BCUT2D eigenvalue weighted by Gasteiger charge is -2.34. The van der Waals surface area contributed by atoms with Gasteiger partial charge in [-0.2, -0.15) is 0 Å². The van der Waals surface area contributed by atoms with Crippen molar-refractivity contribution in [1.29, 1.82) is 0 Å². The van der Waals surface area contributed by atoms with Crippen LogP contribution in [0.15, 0.2) is 29.1 Å². The molecule has 2 heterocycles. The van der Waals surface area contributed by atoms with Crippen LogP contribution < -0.4 is 15.6 Å². The zero-order valence-electron chi connectivity index (χ0n) is 15.4. The number of benzene rings is 1. The van der Waals surface area contributed by atoms with Crippen LogP contribution in [-0.4, -0.2) is 60.6 Å². The highest BCUT2D eigenvalue weighted by molar-refractivity contribution is 5.80. The molecule has 0 atom stereocenters. The third-order valence-corrected chi connectivity index (χ3v) is 4.71. The van der Waals surface area contributed by atoms with Crippen molar-refractivity contribution in [2.75, 3.05) is 39.8 Å². The fourth-order valence-corrected chi connectivity index (χ4v) is 3.17. The molecule has 1 saturated heterocycles. The fraction of sp³-hybridized carbons (Fsp3) is 0.474. The average molecular weight is 358 g/mol. The van der Waals surface area contributed by atoms with Gasteiger partial charge in [-0.25, -0.2) is 4.79 Å². The van der Waals surface area contributed by atoms with Gasteiger partial charge in [0.15, 0.2) is 0 Å². The van der Waals surface area contributed by atoms with Gasteiger partial charge in [-0.3, -0.25) is 9.69 Å². The number of amides is 2. The number of aromatic amines is 1. The Morgan fingerprint density at radius 1 is 1.23 bits per heavy atom. The first-order chi connectivity index (χ1) is 12.6. The molecule has 7 nitrogen and oxygen atoms in total. The number of H-pyrrole nitrogens is 1. The zero-order valence-corrected chi connectivity index (χ0v) is 15.4. The summed E-state index contributed by atoms with van der Waals surface area (Å²) >= 11 is 0. The topological polar surface area (TPSA) is 77.7 Å². The van der Waals surface area contributed by atoms with E-state index in [4.69, 9.17) is 4.74 Å². The van der Waals surface area contributed by atoms with Crippen LogP contribution in [0.1, 0.15) is 18.9 Å². The summed E-state index contributed by atoms with van der Waals surface area (Å²) in [5, 5.41) is 3.86. The highest BCUT2D eigenvalue weighted by Gasteiger charge is 2.21. The monoisotopic (exact) mass is 358 g/mol. The molecule has 0 spiro atoms. The van der Waals surface area contributed by atoms with Gasteiger partial charge in [0.1, 0.15) is 5.75 Å². The highest BCUT2D eigenvalue weighted by atomic mass is 16.5. The maximum atomic E-state index is 12.4. The van der Waals surface area contributed by atoms with Gasteiger partial charge in [0, 0.05) is 55.7 Å². The van der Waals surface area contributed by atoms with E-state index >= 15 is 0 Å². The van der Waals surface area contributed by atoms with Crippen molar-refractivity contribution >= 4 is 16.9 Å². The van der Waals surface area contributed by atoms with Crippen LogP contribution in [-0.2, 0) is 6.54 Å². The van der Waals surface area contributed by atoms with Gasteiger partial charge in [-0.05, 0) is 30.7 Å². The molecule has 2 N–H and O–H groups in total. The molecule has 2 amide bonds. The Balaban J connectivity index is 1.65. The minimum Gasteiger partial charge on any atom is -0.497 e. The molecular weight excluding hydrogens is 332 g/mol. The molecule has 1 aliphatic heterocycles. The molecule has 140 valence electrons. The number of rotatable bonds is 5. The number of methoxy groups -OCH3 is 1. The SMILES string of the molecule is CCCNC(=O)N1CCN(Cc2cc3cc(OC)ccc3[nH]c2=O)CC1. The lowest BCUT2D eigenvalue weighted by molar-refractivity contribution is 0.135. The predicted molar refractivity (Wildman–Crippen MR) is 102 cm³/mol. The largest absolute Gasteiger partial charge is 0.497 e. The number of nitrogens with one attached hydrogen (secondary N) is 2. The number of nitrogens with zero attached hydrogens (tertiary/aromatic N) is 2. The lowest BCUT2D eigenvalue weighted by Crippen LogP contribution is -2.51. The van der Waals surface area contributed by atoms with Crippen molar-refractivity contribution < 1.29 is 9.53 Å². The van der Waals surface area contributed by atoms with Crippen LogP contribution >= 0.6 is 0 Å². The first-order valence-corrected chi connectivity index (χ1v) is 9.05. The summed E-state index contributed by atoms with van der Waals surface area (Å²) in [6.45, 7) is 6.19. The molecule has 0 radical (unpaired) electrons. The van der Waals surface area contributed by atoms with Crippen LogP contribution in [0.3, 0.4) is 0 Å². The van der Waals surface area contributed by atoms with Crippen molar-refractivity contribution in [2.24, 2.45) is 0 Å². The Labute approximate surface area is 152 Å². The van der Waals surface area contributed by atoms with Crippen molar-refractivity contribution in [2.45, 2.75) is 19.9 Å². The average Bonchev–Trinajstić information content (AvgIpc) is 2.67. The molecule has 3 rings (SSSR count). The standard InChI is InChI=1S/C19H26N4O3/c1-3-6-20-19(25)23-9-7-22(8-10-23)13-15-11-14-12-16(26-2)4-5-17(14)21-18(15)24/h4-5,11-12H,3,6-10,13H2,1-2H3,(H,20,25)(H,21,24). The van der Waals surface area contributed by atoms with Gasteiger partial charge in [-0.1, -0.05) is 6.92 Å². The van der Waals surface area contributed by atoms with E-state index in [9.17, 15) is 9.59 Å². The first kappa shape index (κ1) is 18.3. The number of pyridine rings is 1. The van der Waals surface area contributed by atoms with E-state index in [0.717, 1.165) is 41.7 Å². The fourth-order valence-electron chi connectivity index (χ4n) is 3.17. The number of carbonyl (C=O) groups excluding carboxylic acids is 1. The number of aromatic nitrogens is 1. The predicted octanol–water partition coefficient (Wildman–Crippen LogP) is 1.77. The first-order valence-electron chi connectivity index (χ1n) is 9.05. The van der Waals surface area contributed by atoms with Gasteiger partial charge in [-0.15, -0.1) is 0 Å². The second-order valence-electron chi connectivity index (χ2n) is 6.57. The summed E-state index contributed by atoms with van der Waals surface area (Å²) < 4.78 is 5.26. The lowest BCUT2D eigenvalue weighted by atomic mass is 10.1. The minimum absolute atomic E-state index is 0.00199. The van der Waals surface area contributed by atoms with Crippen LogP contribution in [0.25, 0.3) is 10.9 Å². The van der Waals surface area contributed by atoms with Crippen molar-refractivity contribution in [1.82, 2.24) is 20.1 Å². The third-order valence-electron chi connectivity index (χ3n) is 4.71. The van der Waals surface area contributed by atoms with E-state index in [0.29, 0.717) is 26.2 Å². The normalized spacial score (nSPS) is 15.2. The molecule has 0 bridgehead atoms. The number of ether oxygens (including phenoxy) is 1. The van der Waals surface area contributed by atoms with E-state index in [1.807, 2.05) is 36.1 Å². The summed E-state index contributed by atoms with van der Waals surface area (Å²) in [6.07, 6.45) is 0.932. The number of urea groups is 1. The van der Waals surface area contributed by atoms with Crippen LogP contribution in [0.5, 0.6) is 5.75 Å². The molecule has 26 heavy (non-hydrogen) atoms. The van der Waals surface area contributed by atoms with Gasteiger partial charge in [0.25, 0.3) is 5.56 Å². The summed E-state index contributed by atoms with van der Waals surface area (Å²) in [5.74, 6) is 0.766. The highest BCUT2D eigenvalue weighted by Crippen LogP contribution is 2.19. The van der Waals surface area contributed by atoms with Gasteiger partial charge in [0.2, 0.25) is 0 Å². The van der Waals surface area contributed by atoms with Crippen LogP contribution in [0.2, 0.25) is 0 Å². The molecule has 0 saturated carbocycles. The van der Waals surface area contributed by atoms with E-state index in [1.165, 1.54) is 0 Å². The third kappa shape index (κ3) is 4.16. The number of carbonyl (C=O) groups is 1. The molecule has 7 heteroatoms. The van der Waals surface area contributed by atoms with Gasteiger partial charge >= 0.3 is 6.03 Å². The van der Waals surface area contributed by atoms with Gasteiger partial charge in [0.05, 0.1) is 7.11 Å². The summed E-state index contributed by atoms with van der Waals surface area (Å²) in [7, 11) is 1.63. The summed E-state index contributed by atoms with van der Waals surface area (Å²) in [4.78, 5) is 31.4. The molecule has 0 aliphatic carbocycles. The second-order valence-corrected chi connectivity index (χ2v) is 6.57. The molecule has 0 unspecified atom stereocenters. The second kappa shape index (κ2) is 8.23. The Hall–Kier alpha value is -2.54. The van der Waals surface area contributed by atoms with E-state index in [1.54, 1.807) is 7.11 Å². The minimum atomic E-state index is -0.0641. The number of hydrogen-bond donors (Lipinski definition) is 2. The number of fused-ring (bicyclic) bond motifs is 1. The molecule has 1 aliphatic rings. The molecular formula is C19H26N4O3. The van der Waals surface area contributed by atoms with Crippen molar-refractivity contribution in [3.63, 3.8) is 0 Å². The van der Waals surface area contributed by atoms with E-state index < -0.39 is 0 Å². The maximum Gasteiger partial charge on any atom is 0.317 e. The van der Waals surface area contributed by atoms with Crippen LogP contribution in [0.4, 0.5) is 4.79 Å². The Kier molecular flexibility index (Phi) is 5.78. The Morgan fingerprint density at radius 3 is 2.69 bits per heavy atom. The zero-order chi connectivity index (χ0) is 18.5. The summed E-state index contributed by atoms with van der Waals surface area (Å²) in [5.41, 5.74) is 1.47. The van der Waals surface area contributed by atoms with Gasteiger partial charge < -0.3 is 19.9 Å². The van der Waals surface area contributed by atoms with Crippen LogP contribution in [0, 0.1) is 0 Å². The number of hydrogen-bond acceptors (Lipinski definition) is 4. The molecule has 1 fully saturated rings. The molecule has 1 aromatic heterocycles. The Bertz CT molecular complexity index is 825. The van der Waals surface area contributed by atoms with E-state index in [2.05, 4.69) is 15.2 Å². The van der Waals surface area contributed by atoms with Crippen molar-refractivity contribution in [3.8, 4) is 5.75 Å². The number of piperazine rings is 1.